The standard InChI is InChI=1S/C23H31F2N7O3/c1-26-20-18(10-17(30-31-20)16-11-28-22(35-3)29-21(16)34-2)32-12-15(23(24,25)13-32)9-19(33)27-8-7-14-5-4-6-14/h10-11,14-15H,4-9,12-13H2,1-3H3,(H,26,31)(H,27,33). The van der Waals surface area contributed by atoms with E-state index in [1.54, 1.807) is 13.1 Å². The molecule has 2 N–H and O–H groups in total. The monoisotopic (exact) mass is 491 g/mol. The summed E-state index contributed by atoms with van der Waals surface area (Å²) in [6.45, 7) is 0.0288. The van der Waals surface area contributed by atoms with Gasteiger partial charge in [0.1, 0.15) is 5.69 Å². The van der Waals surface area contributed by atoms with Gasteiger partial charge in [-0.15, -0.1) is 10.2 Å². The van der Waals surface area contributed by atoms with E-state index in [0.717, 1.165) is 6.42 Å². The Bertz CT molecular complexity index is 1050. The molecule has 2 aromatic heterocycles. The number of carbonyl (C=O) groups is 1. The third-order valence-corrected chi connectivity index (χ3v) is 6.71. The van der Waals surface area contributed by atoms with E-state index >= 15 is 0 Å². The molecule has 35 heavy (non-hydrogen) atoms. The first-order valence-electron chi connectivity index (χ1n) is 11.7. The van der Waals surface area contributed by atoms with Crippen molar-refractivity contribution in [1.82, 2.24) is 25.5 Å². The van der Waals surface area contributed by atoms with Crippen molar-refractivity contribution in [3.63, 3.8) is 0 Å². The molecule has 1 unspecified atom stereocenters. The molecule has 12 heteroatoms. The van der Waals surface area contributed by atoms with Gasteiger partial charge < -0.3 is 25.0 Å². The fourth-order valence-corrected chi connectivity index (χ4v) is 4.45. The van der Waals surface area contributed by atoms with E-state index in [2.05, 4.69) is 30.8 Å². The van der Waals surface area contributed by atoms with Crippen LogP contribution in [0.3, 0.4) is 0 Å². The van der Waals surface area contributed by atoms with E-state index in [9.17, 15) is 13.6 Å². The summed E-state index contributed by atoms with van der Waals surface area (Å²) in [7, 11) is 4.53. The van der Waals surface area contributed by atoms with E-state index in [1.165, 1.54) is 44.6 Å². The molecule has 1 aliphatic carbocycles. The number of aromatic nitrogens is 4. The van der Waals surface area contributed by atoms with Gasteiger partial charge in [-0.1, -0.05) is 19.3 Å². The summed E-state index contributed by atoms with van der Waals surface area (Å²) in [5, 5.41) is 14.1. The third kappa shape index (κ3) is 5.51. The summed E-state index contributed by atoms with van der Waals surface area (Å²) >= 11 is 0. The number of nitrogens with zero attached hydrogens (tertiary/aromatic N) is 5. The maximum Gasteiger partial charge on any atom is 0.319 e. The van der Waals surface area contributed by atoms with Gasteiger partial charge in [-0.2, -0.15) is 4.98 Å². The van der Waals surface area contributed by atoms with Crippen molar-refractivity contribution in [3.05, 3.63) is 12.3 Å². The van der Waals surface area contributed by atoms with Crippen LogP contribution in [0.25, 0.3) is 11.3 Å². The lowest BCUT2D eigenvalue weighted by Gasteiger charge is -2.25. The lowest BCUT2D eigenvalue weighted by Crippen LogP contribution is -2.34. The molecular formula is C23H31F2N7O3. The fraction of sp³-hybridized carbons (Fsp3) is 0.609. The minimum atomic E-state index is -3.03. The maximum absolute atomic E-state index is 14.9. The molecule has 4 rings (SSSR count). The van der Waals surface area contributed by atoms with Crippen LogP contribution in [0.1, 0.15) is 32.1 Å². The van der Waals surface area contributed by atoms with Crippen LogP contribution < -0.4 is 25.0 Å². The van der Waals surface area contributed by atoms with Crippen LogP contribution in [-0.4, -0.2) is 72.9 Å². The SMILES string of the molecule is CNc1nnc(-c2cnc(OC)nc2OC)cc1N1CC(CC(=O)NCCC2CCC2)C(F)(F)C1. The smallest absolute Gasteiger partial charge is 0.319 e. The van der Waals surface area contributed by atoms with Gasteiger partial charge in [0.2, 0.25) is 11.8 Å². The van der Waals surface area contributed by atoms with Gasteiger partial charge >= 0.3 is 6.01 Å². The van der Waals surface area contributed by atoms with Gasteiger partial charge in [-0.25, -0.2) is 13.8 Å². The molecule has 190 valence electrons. The first-order valence-corrected chi connectivity index (χ1v) is 11.7. The number of amides is 1. The van der Waals surface area contributed by atoms with Gasteiger partial charge in [0.05, 0.1) is 37.9 Å². The molecule has 1 aliphatic heterocycles. The van der Waals surface area contributed by atoms with Crippen molar-refractivity contribution >= 4 is 17.4 Å². The molecule has 3 heterocycles. The second kappa shape index (κ2) is 10.5. The Morgan fingerprint density at radius 3 is 2.71 bits per heavy atom. The molecular weight excluding hydrogens is 460 g/mol. The number of anilines is 2. The highest BCUT2D eigenvalue weighted by Crippen LogP contribution is 2.41. The molecule has 0 spiro atoms. The molecule has 1 saturated carbocycles. The Morgan fingerprint density at radius 1 is 1.26 bits per heavy atom. The van der Waals surface area contributed by atoms with Crippen molar-refractivity contribution in [1.29, 1.82) is 0 Å². The van der Waals surface area contributed by atoms with Crippen molar-refractivity contribution < 1.29 is 23.0 Å². The molecule has 0 bridgehead atoms. The minimum Gasteiger partial charge on any atom is -0.480 e. The van der Waals surface area contributed by atoms with Gasteiger partial charge in [-0.05, 0) is 18.4 Å². The predicted octanol–water partition coefficient (Wildman–Crippen LogP) is 2.76. The van der Waals surface area contributed by atoms with Gasteiger partial charge in [0, 0.05) is 32.8 Å². The Labute approximate surface area is 202 Å². The second-order valence-corrected chi connectivity index (χ2v) is 8.97. The molecule has 2 fully saturated rings. The number of ether oxygens (including phenoxy) is 2. The van der Waals surface area contributed by atoms with Crippen LogP contribution in [-0.2, 0) is 4.79 Å². The average molecular weight is 492 g/mol. The number of halogens is 2. The molecule has 2 aromatic rings. The van der Waals surface area contributed by atoms with Crippen molar-refractivity contribution in [2.75, 3.05) is 51.1 Å². The van der Waals surface area contributed by atoms with Crippen LogP contribution in [0.15, 0.2) is 12.3 Å². The summed E-state index contributed by atoms with van der Waals surface area (Å²) in [6.07, 6.45) is 5.78. The number of hydrogen-bond donors (Lipinski definition) is 2. The van der Waals surface area contributed by atoms with Gasteiger partial charge in [0.25, 0.3) is 5.92 Å². The number of nitrogens with one attached hydrogen (secondary N) is 2. The highest BCUT2D eigenvalue weighted by Gasteiger charge is 2.49. The number of rotatable bonds is 10. The lowest BCUT2D eigenvalue weighted by molar-refractivity contribution is -0.125. The molecule has 10 nitrogen and oxygen atoms in total. The van der Waals surface area contributed by atoms with Crippen LogP contribution in [0, 0.1) is 11.8 Å². The topological polar surface area (TPSA) is 114 Å². The quantitative estimate of drug-likeness (QED) is 0.518. The Morgan fingerprint density at radius 2 is 2.06 bits per heavy atom. The van der Waals surface area contributed by atoms with Crippen molar-refractivity contribution in [2.24, 2.45) is 11.8 Å². The Kier molecular flexibility index (Phi) is 7.46. The van der Waals surface area contributed by atoms with Crippen LogP contribution in [0.5, 0.6) is 11.9 Å². The van der Waals surface area contributed by atoms with Crippen LogP contribution in [0.2, 0.25) is 0 Å². The molecule has 0 aromatic carbocycles. The zero-order chi connectivity index (χ0) is 25.0. The number of hydrogen-bond acceptors (Lipinski definition) is 9. The molecule has 1 atom stereocenters. The van der Waals surface area contributed by atoms with Crippen LogP contribution >= 0.6 is 0 Å². The van der Waals surface area contributed by atoms with Gasteiger partial charge in [0.15, 0.2) is 5.82 Å². The van der Waals surface area contributed by atoms with E-state index < -0.39 is 18.4 Å². The number of methoxy groups -OCH3 is 2. The van der Waals surface area contributed by atoms with E-state index in [-0.39, 0.29) is 30.8 Å². The zero-order valence-electron chi connectivity index (χ0n) is 20.2. The lowest BCUT2D eigenvalue weighted by atomic mass is 9.83. The normalized spacial score (nSPS) is 19.2. The molecule has 2 aliphatic rings. The van der Waals surface area contributed by atoms with Gasteiger partial charge in [-0.3, -0.25) is 4.79 Å². The number of carbonyl (C=O) groups excluding carboxylic acids is 1. The van der Waals surface area contributed by atoms with Crippen molar-refractivity contribution in [3.8, 4) is 23.1 Å². The average Bonchev–Trinajstić information content (AvgIpc) is 3.13. The first-order chi connectivity index (χ1) is 16.8. The fourth-order valence-electron chi connectivity index (χ4n) is 4.45. The Hall–Kier alpha value is -3.31. The number of alkyl halides is 2. The Balaban J connectivity index is 1.50. The highest BCUT2D eigenvalue weighted by atomic mass is 19.3. The first kappa shape index (κ1) is 24.8. The van der Waals surface area contributed by atoms with E-state index in [4.69, 9.17) is 9.47 Å². The summed E-state index contributed by atoms with van der Waals surface area (Å²) in [4.78, 5) is 22.1. The summed E-state index contributed by atoms with van der Waals surface area (Å²) in [6, 6.07) is 1.77. The summed E-state index contributed by atoms with van der Waals surface area (Å²) in [5.41, 5.74) is 1.25. The summed E-state index contributed by atoms with van der Waals surface area (Å²) in [5.74, 6) is -3.24. The minimum absolute atomic E-state index is 0.0130. The maximum atomic E-state index is 14.9. The largest absolute Gasteiger partial charge is 0.480 e. The summed E-state index contributed by atoms with van der Waals surface area (Å²) < 4.78 is 40.2. The van der Waals surface area contributed by atoms with E-state index in [1.807, 2.05) is 0 Å². The van der Waals surface area contributed by atoms with E-state index in [0.29, 0.717) is 35.2 Å². The highest BCUT2D eigenvalue weighted by molar-refractivity contribution is 5.77. The molecule has 1 amide bonds. The molecule has 1 saturated heterocycles. The zero-order valence-corrected chi connectivity index (χ0v) is 20.2. The van der Waals surface area contributed by atoms with Crippen molar-refractivity contribution in [2.45, 2.75) is 38.0 Å². The third-order valence-electron chi connectivity index (χ3n) is 6.71. The van der Waals surface area contributed by atoms with Crippen LogP contribution in [0.4, 0.5) is 20.3 Å². The molecule has 0 radical (unpaired) electrons. The second-order valence-electron chi connectivity index (χ2n) is 8.97. The predicted molar refractivity (Wildman–Crippen MR) is 126 cm³/mol.